The summed E-state index contributed by atoms with van der Waals surface area (Å²) in [6.45, 7) is -0.210. The number of ether oxygens (including phenoxy) is 1. The molecule has 6 heteroatoms. The van der Waals surface area contributed by atoms with Gasteiger partial charge in [0.15, 0.2) is 0 Å². The van der Waals surface area contributed by atoms with E-state index in [0.717, 1.165) is 0 Å². The summed E-state index contributed by atoms with van der Waals surface area (Å²) in [5.41, 5.74) is 0. The number of carbonyl (C=O) groups excluding carboxylic acids is 1. The molecule has 0 aromatic heterocycles. The van der Waals surface area contributed by atoms with Crippen LogP contribution >= 0.6 is 0 Å². The van der Waals surface area contributed by atoms with Gasteiger partial charge in [-0.1, -0.05) is 0 Å². The highest BCUT2D eigenvalue weighted by molar-refractivity contribution is 5.68. The summed E-state index contributed by atoms with van der Waals surface area (Å²) < 4.78 is 4.45. The van der Waals surface area contributed by atoms with Gasteiger partial charge in [0.2, 0.25) is 6.54 Å². The maximum atomic E-state index is 10.8. The summed E-state index contributed by atoms with van der Waals surface area (Å²) in [4.78, 5) is 20.5. The third kappa shape index (κ3) is 7.87. The van der Waals surface area contributed by atoms with Crippen LogP contribution in [0.1, 0.15) is 25.7 Å². The molecule has 0 aliphatic rings. The van der Waals surface area contributed by atoms with E-state index >= 15 is 0 Å². The number of carbonyl (C=O) groups is 1. The molecule has 0 aliphatic heterocycles. The molecule has 0 bridgehead atoms. The zero-order chi connectivity index (χ0) is 11.7. The van der Waals surface area contributed by atoms with E-state index in [-0.39, 0.29) is 25.0 Å². The van der Waals surface area contributed by atoms with Gasteiger partial charge in [0, 0.05) is 24.4 Å². The average molecular weight is 219 g/mol. The van der Waals surface area contributed by atoms with Crippen molar-refractivity contribution in [3.05, 3.63) is 10.1 Å². The first-order valence-electron chi connectivity index (χ1n) is 4.89. The molecule has 0 aromatic rings. The maximum absolute atomic E-state index is 10.8. The molecule has 0 radical (unpaired) electrons. The van der Waals surface area contributed by atoms with Gasteiger partial charge in [-0.15, -0.1) is 0 Å². The Morgan fingerprint density at radius 2 is 2.20 bits per heavy atom. The minimum absolute atomic E-state index is 0.0744. The fourth-order valence-corrected chi connectivity index (χ4v) is 1.25. The summed E-state index contributed by atoms with van der Waals surface area (Å²) in [5.74, 6) is -0.388. The van der Waals surface area contributed by atoms with Crippen molar-refractivity contribution in [2.24, 2.45) is 5.92 Å². The van der Waals surface area contributed by atoms with E-state index in [1.807, 2.05) is 0 Å². The number of rotatable bonds is 8. The second kappa shape index (κ2) is 8.16. The highest BCUT2D eigenvalue weighted by Gasteiger charge is 2.11. The van der Waals surface area contributed by atoms with Crippen LogP contribution in [0.3, 0.4) is 0 Å². The number of aliphatic hydroxyl groups is 1. The number of hydrogen-bond donors (Lipinski definition) is 1. The molecular weight excluding hydrogens is 202 g/mol. The third-order valence-corrected chi connectivity index (χ3v) is 2.20. The first kappa shape index (κ1) is 13.8. The first-order chi connectivity index (χ1) is 7.10. The van der Waals surface area contributed by atoms with E-state index in [9.17, 15) is 14.9 Å². The minimum atomic E-state index is -0.400. The lowest BCUT2D eigenvalue weighted by Gasteiger charge is -2.10. The summed E-state index contributed by atoms with van der Waals surface area (Å²) >= 11 is 0. The molecule has 0 heterocycles. The van der Waals surface area contributed by atoms with Crippen molar-refractivity contribution in [2.75, 3.05) is 20.3 Å². The highest BCUT2D eigenvalue weighted by atomic mass is 16.6. The van der Waals surface area contributed by atoms with Crippen molar-refractivity contribution in [1.29, 1.82) is 0 Å². The lowest BCUT2D eigenvalue weighted by atomic mass is 9.99. The molecule has 88 valence electrons. The van der Waals surface area contributed by atoms with Crippen LogP contribution in [-0.2, 0) is 9.53 Å². The largest absolute Gasteiger partial charge is 0.469 e. The summed E-state index contributed by atoms with van der Waals surface area (Å²) in [7, 11) is 1.32. The lowest BCUT2D eigenvalue weighted by Crippen LogP contribution is -2.13. The van der Waals surface area contributed by atoms with E-state index < -0.39 is 4.92 Å². The maximum Gasteiger partial charge on any atom is 0.305 e. The topological polar surface area (TPSA) is 89.7 Å². The van der Waals surface area contributed by atoms with Crippen molar-refractivity contribution in [1.82, 2.24) is 0 Å². The van der Waals surface area contributed by atoms with Crippen LogP contribution < -0.4 is 0 Å². The Bertz CT molecular complexity index is 207. The molecule has 0 fully saturated rings. The van der Waals surface area contributed by atoms with Gasteiger partial charge in [-0.2, -0.15) is 0 Å². The second-order valence-corrected chi connectivity index (χ2v) is 3.36. The highest BCUT2D eigenvalue weighted by Crippen LogP contribution is 2.12. The molecule has 0 spiro atoms. The summed E-state index contributed by atoms with van der Waals surface area (Å²) in [6.07, 6.45) is 1.85. The van der Waals surface area contributed by atoms with Crippen LogP contribution in [0.4, 0.5) is 0 Å². The van der Waals surface area contributed by atoms with Gasteiger partial charge in [-0.25, -0.2) is 0 Å². The Kier molecular flexibility index (Phi) is 7.53. The van der Waals surface area contributed by atoms with Gasteiger partial charge in [-0.05, 0) is 18.8 Å². The Morgan fingerprint density at radius 3 is 2.67 bits per heavy atom. The number of nitrogens with zero attached hydrogens (tertiary/aromatic N) is 1. The van der Waals surface area contributed by atoms with Gasteiger partial charge in [-0.3, -0.25) is 14.9 Å². The average Bonchev–Trinajstić information content (AvgIpc) is 2.22. The molecule has 0 saturated heterocycles. The SMILES string of the molecule is COC(=O)CCC[C@@H](CO)CC[N+](=O)[O-]. The molecule has 1 N–H and O–H groups in total. The number of methoxy groups -OCH3 is 1. The molecule has 1 atom stereocenters. The number of hydrogen-bond acceptors (Lipinski definition) is 5. The fourth-order valence-electron chi connectivity index (χ4n) is 1.25. The lowest BCUT2D eigenvalue weighted by molar-refractivity contribution is -0.481. The Labute approximate surface area is 88.4 Å². The molecule has 0 aliphatic carbocycles. The summed E-state index contributed by atoms with van der Waals surface area (Å²) in [6, 6.07) is 0. The van der Waals surface area contributed by atoms with E-state index in [2.05, 4.69) is 4.74 Å². The fraction of sp³-hybridized carbons (Fsp3) is 0.889. The first-order valence-corrected chi connectivity index (χ1v) is 4.89. The molecule has 0 rings (SSSR count). The van der Waals surface area contributed by atoms with Crippen molar-refractivity contribution >= 4 is 5.97 Å². The van der Waals surface area contributed by atoms with E-state index in [0.29, 0.717) is 25.7 Å². The van der Waals surface area contributed by atoms with Crippen LogP contribution in [0.2, 0.25) is 0 Å². The van der Waals surface area contributed by atoms with Crippen LogP contribution in [0.5, 0.6) is 0 Å². The van der Waals surface area contributed by atoms with E-state index in [1.165, 1.54) is 7.11 Å². The van der Waals surface area contributed by atoms with Crippen molar-refractivity contribution in [2.45, 2.75) is 25.7 Å². The van der Waals surface area contributed by atoms with Crippen molar-refractivity contribution in [3.8, 4) is 0 Å². The third-order valence-electron chi connectivity index (χ3n) is 2.20. The predicted molar refractivity (Wildman–Crippen MR) is 52.9 cm³/mol. The molecule has 6 nitrogen and oxygen atoms in total. The van der Waals surface area contributed by atoms with Crippen molar-refractivity contribution in [3.63, 3.8) is 0 Å². The van der Waals surface area contributed by atoms with E-state index in [4.69, 9.17) is 5.11 Å². The second-order valence-electron chi connectivity index (χ2n) is 3.36. The van der Waals surface area contributed by atoms with Crippen LogP contribution in [-0.4, -0.2) is 36.3 Å². The van der Waals surface area contributed by atoms with Gasteiger partial charge >= 0.3 is 5.97 Å². The van der Waals surface area contributed by atoms with Gasteiger partial charge in [0.1, 0.15) is 0 Å². The van der Waals surface area contributed by atoms with Crippen LogP contribution in [0.25, 0.3) is 0 Å². The zero-order valence-electron chi connectivity index (χ0n) is 8.85. The Balaban J connectivity index is 3.61. The van der Waals surface area contributed by atoms with Crippen LogP contribution in [0, 0.1) is 16.0 Å². The molecule has 0 aromatic carbocycles. The zero-order valence-corrected chi connectivity index (χ0v) is 8.85. The minimum Gasteiger partial charge on any atom is -0.469 e. The number of nitro groups is 1. The molecule has 0 unspecified atom stereocenters. The normalized spacial score (nSPS) is 12.1. The van der Waals surface area contributed by atoms with Gasteiger partial charge < -0.3 is 9.84 Å². The molecule has 15 heavy (non-hydrogen) atoms. The predicted octanol–water partition coefficient (Wildman–Crippen LogP) is 0.605. The number of aliphatic hydroxyl groups excluding tert-OH is 1. The summed E-state index contributed by atoms with van der Waals surface area (Å²) in [5, 5.41) is 19.0. The standard InChI is InChI=1S/C9H17NO5/c1-15-9(12)4-2-3-8(7-11)5-6-10(13)14/h8,11H,2-7H2,1H3/t8-/m1/s1. The Morgan fingerprint density at radius 1 is 1.53 bits per heavy atom. The quantitative estimate of drug-likeness (QED) is 0.367. The monoisotopic (exact) mass is 219 g/mol. The molecule has 0 saturated carbocycles. The van der Waals surface area contributed by atoms with Gasteiger partial charge in [0.25, 0.3) is 0 Å². The molecular formula is C9H17NO5. The van der Waals surface area contributed by atoms with Gasteiger partial charge in [0.05, 0.1) is 7.11 Å². The number of esters is 1. The Hall–Kier alpha value is -1.17. The van der Waals surface area contributed by atoms with Crippen molar-refractivity contribution < 1.29 is 19.6 Å². The van der Waals surface area contributed by atoms with Crippen LogP contribution in [0.15, 0.2) is 0 Å². The molecule has 0 amide bonds. The smallest absolute Gasteiger partial charge is 0.305 e. The van der Waals surface area contributed by atoms with E-state index in [1.54, 1.807) is 0 Å².